The van der Waals surface area contributed by atoms with Crippen LogP contribution in [0.4, 0.5) is 5.69 Å². The lowest BCUT2D eigenvalue weighted by Crippen LogP contribution is -2.21. The highest BCUT2D eigenvalue weighted by Gasteiger charge is 2.14. The molecule has 4 N–H and O–H groups in total. The van der Waals surface area contributed by atoms with Crippen molar-refractivity contribution in [2.45, 2.75) is 19.8 Å². The molecule has 0 radical (unpaired) electrons. The molecule has 0 fully saturated rings. The van der Waals surface area contributed by atoms with E-state index in [0.717, 1.165) is 6.42 Å². The zero-order valence-electron chi connectivity index (χ0n) is 11.7. The quantitative estimate of drug-likeness (QED) is 0.705. The molecule has 0 aromatic heterocycles. The van der Waals surface area contributed by atoms with Gasteiger partial charge in [-0.25, -0.2) is 4.79 Å². The second kappa shape index (κ2) is 7.49. The summed E-state index contributed by atoms with van der Waals surface area (Å²) in [7, 11) is 1.38. The molecular formula is C14H20N2O4. The molecule has 1 aromatic rings. The third-order valence-electron chi connectivity index (χ3n) is 3.10. The number of nitrogens with two attached hydrogens (primary N) is 1. The zero-order chi connectivity index (χ0) is 15.1. The minimum atomic E-state index is -1.08. The number of methoxy groups -OCH3 is 1. The lowest BCUT2D eigenvalue weighted by molar-refractivity contribution is -0.117. The topological polar surface area (TPSA) is 102 Å². The number of hydrogen-bond acceptors (Lipinski definition) is 4. The molecule has 20 heavy (non-hydrogen) atoms. The summed E-state index contributed by atoms with van der Waals surface area (Å²) in [5, 5.41) is 11.7. The minimum Gasteiger partial charge on any atom is -0.496 e. The Morgan fingerprint density at radius 1 is 1.45 bits per heavy atom. The van der Waals surface area contributed by atoms with Crippen LogP contribution in [-0.4, -0.2) is 30.6 Å². The Morgan fingerprint density at radius 2 is 2.15 bits per heavy atom. The van der Waals surface area contributed by atoms with Crippen molar-refractivity contribution in [1.29, 1.82) is 0 Å². The number of carboxylic acids is 1. The summed E-state index contributed by atoms with van der Waals surface area (Å²) in [6, 6.07) is 4.43. The molecule has 1 aromatic carbocycles. The summed E-state index contributed by atoms with van der Waals surface area (Å²) in [5.74, 6) is -0.863. The van der Waals surface area contributed by atoms with E-state index in [1.807, 2.05) is 6.92 Å². The molecule has 0 saturated carbocycles. The van der Waals surface area contributed by atoms with Gasteiger partial charge in [-0.3, -0.25) is 4.79 Å². The van der Waals surface area contributed by atoms with E-state index < -0.39 is 5.97 Å². The van der Waals surface area contributed by atoms with Gasteiger partial charge >= 0.3 is 5.97 Å². The van der Waals surface area contributed by atoms with Gasteiger partial charge in [0, 0.05) is 18.2 Å². The first-order chi connectivity index (χ1) is 9.51. The van der Waals surface area contributed by atoms with Crippen molar-refractivity contribution < 1.29 is 19.4 Å². The molecule has 0 aliphatic heterocycles. The lowest BCUT2D eigenvalue weighted by atomic mass is 10.0. The number of carbonyl (C=O) groups is 2. The Labute approximate surface area is 117 Å². The molecule has 0 bridgehead atoms. The highest BCUT2D eigenvalue weighted by atomic mass is 16.5. The minimum absolute atomic E-state index is 0.0545. The van der Waals surface area contributed by atoms with Gasteiger partial charge in [0.05, 0.1) is 7.11 Å². The van der Waals surface area contributed by atoms with Gasteiger partial charge in [0.1, 0.15) is 11.3 Å². The number of nitrogens with one attached hydrogen (secondary N) is 1. The largest absolute Gasteiger partial charge is 0.496 e. The second-order valence-corrected chi connectivity index (χ2v) is 4.48. The fraction of sp³-hybridized carbons (Fsp3) is 0.429. The summed E-state index contributed by atoms with van der Waals surface area (Å²) in [6.07, 6.45) is 1.18. The van der Waals surface area contributed by atoms with Crippen LogP contribution < -0.4 is 15.8 Å². The molecule has 1 amide bonds. The van der Waals surface area contributed by atoms with E-state index in [4.69, 9.17) is 15.6 Å². The van der Waals surface area contributed by atoms with Gasteiger partial charge in [-0.2, -0.15) is 0 Å². The average Bonchev–Trinajstić information content (AvgIpc) is 2.44. The van der Waals surface area contributed by atoms with Crippen LogP contribution in [0.2, 0.25) is 0 Å². The summed E-state index contributed by atoms with van der Waals surface area (Å²) in [4.78, 5) is 22.8. The fourth-order valence-electron chi connectivity index (χ4n) is 1.81. The number of benzene rings is 1. The Kier molecular flexibility index (Phi) is 5.99. The molecule has 6 nitrogen and oxygen atoms in total. The highest BCUT2D eigenvalue weighted by molar-refractivity contribution is 5.94. The standard InChI is InChI=1S/C14H20N2O4/c1-3-9(8-15)6-13(17)16-10-4-5-11(14(18)19)12(7-10)20-2/h4-5,7,9H,3,6,8,15H2,1-2H3,(H,16,17)(H,18,19). The Morgan fingerprint density at radius 3 is 2.65 bits per heavy atom. The molecule has 0 aliphatic rings. The van der Waals surface area contributed by atoms with E-state index in [1.54, 1.807) is 0 Å². The molecule has 0 spiro atoms. The molecule has 0 heterocycles. The maximum Gasteiger partial charge on any atom is 0.339 e. The molecule has 1 unspecified atom stereocenters. The van der Waals surface area contributed by atoms with Gasteiger partial charge in [0.15, 0.2) is 0 Å². The fourth-order valence-corrected chi connectivity index (χ4v) is 1.81. The van der Waals surface area contributed by atoms with Crippen LogP contribution in [0.25, 0.3) is 0 Å². The number of ether oxygens (including phenoxy) is 1. The monoisotopic (exact) mass is 280 g/mol. The van der Waals surface area contributed by atoms with Crippen molar-refractivity contribution in [3.05, 3.63) is 23.8 Å². The second-order valence-electron chi connectivity index (χ2n) is 4.48. The van der Waals surface area contributed by atoms with Crippen molar-refractivity contribution in [3.63, 3.8) is 0 Å². The van der Waals surface area contributed by atoms with E-state index in [2.05, 4.69) is 5.32 Å². The smallest absolute Gasteiger partial charge is 0.339 e. The third kappa shape index (κ3) is 4.24. The Balaban J connectivity index is 2.78. The van der Waals surface area contributed by atoms with Gasteiger partial charge in [0.25, 0.3) is 0 Å². The molecule has 0 saturated heterocycles. The van der Waals surface area contributed by atoms with Gasteiger partial charge < -0.3 is 20.9 Å². The lowest BCUT2D eigenvalue weighted by Gasteiger charge is -2.13. The van der Waals surface area contributed by atoms with Crippen molar-refractivity contribution >= 4 is 17.6 Å². The predicted octanol–water partition coefficient (Wildman–Crippen LogP) is 1.71. The first-order valence-corrected chi connectivity index (χ1v) is 6.43. The number of amides is 1. The molecule has 0 aliphatic carbocycles. The number of hydrogen-bond donors (Lipinski definition) is 3. The summed E-state index contributed by atoms with van der Waals surface area (Å²) < 4.78 is 5.00. The normalized spacial score (nSPS) is 11.8. The van der Waals surface area contributed by atoms with E-state index in [0.29, 0.717) is 18.7 Å². The van der Waals surface area contributed by atoms with Gasteiger partial charge in [-0.1, -0.05) is 13.3 Å². The van der Waals surface area contributed by atoms with Crippen LogP contribution in [-0.2, 0) is 4.79 Å². The van der Waals surface area contributed by atoms with Crippen molar-refractivity contribution in [2.75, 3.05) is 19.0 Å². The zero-order valence-corrected chi connectivity index (χ0v) is 11.7. The van der Waals surface area contributed by atoms with E-state index >= 15 is 0 Å². The number of carboxylic acid groups (broad SMARTS) is 1. The van der Waals surface area contributed by atoms with Crippen LogP contribution in [0.5, 0.6) is 5.75 Å². The van der Waals surface area contributed by atoms with E-state index in [1.165, 1.54) is 25.3 Å². The van der Waals surface area contributed by atoms with Gasteiger partial charge in [-0.15, -0.1) is 0 Å². The van der Waals surface area contributed by atoms with Crippen molar-refractivity contribution in [2.24, 2.45) is 11.7 Å². The first-order valence-electron chi connectivity index (χ1n) is 6.43. The number of aromatic carboxylic acids is 1. The summed E-state index contributed by atoms with van der Waals surface area (Å²) in [6.45, 7) is 2.45. The molecule has 1 atom stereocenters. The number of anilines is 1. The molecule has 110 valence electrons. The highest BCUT2D eigenvalue weighted by Crippen LogP contribution is 2.23. The van der Waals surface area contributed by atoms with E-state index in [-0.39, 0.29) is 23.1 Å². The van der Waals surface area contributed by atoms with Crippen LogP contribution in [0.3, 0.4) is 0 Å². The van der Waals surface area contributed by atoms with Crippen LogP contribution in [0, 0.1) is 5.92 Å². The molecular weight excluding hydrogens is 260 g/mol. The van der Waals surface area contributed by atoms with Crippen LogP contribution in [0.15, 0.2) is 18.2 Å². The Bertz CT molecular complexity index is 484. The molecule has 6 heteroatoms. The van der Waals surface area contributed by atoms with Crippen LogP contribution >= 0.6 is 0 Å². The van der Waals surface area contributed by atoms with Gasteiger partial charge in [-0.05, 0) is 24.6 Å². The molecule has 1 rings (SSSR count). The third-order valence-corrected chi connectivity index (χ3v) is 3.10. The number of rotatable bonds is 7. The van der Waals surface area contributed by atoms with E-state index in [9.17, 15) is 9.59 Å². The van der Waals surface area contributed by atoms with Gasteiger partial charge in [0.2, 0.25) is 5.91 Å². The van der Waals surface area contributed by atoms with Crippen molar-refractivity contribution in [1.82, 2.24) is 0 Å². The SMILES string of the molecule is CCC(CN)CC(=O)Nc1ccc(C(=O)O)c(OC)c1. The average molecular weight is 280 g/mol. The first kappa shape index (κ1) is 16.0. The maximum atomic E-state index is 11.8. The summed E-state index contributed by atoms with van der Waals surface area (Å²) in [5.41, 5.74) is 6.12. The Hall–Kier alpha value is -2.08. The van der Waals surface area contributed by atoms with Crippen molar-refractivity contribution in [3.8, 4) is 5.75 Å². The summed E-state index contributed by atoms with van der Waals surface area (Å²) >= 11 is 0. The predicted molar refractivity (Wildman–Crippen MR) is 76.0 cm³/mol. The van der Waals surface area contributed by atoms with Crippen LogP contribution in [0.1, 0.15) is 30.1 Å². The number of carbonyl (C=O) groups excluding carboxylic acids is 1. The maximum absolute atomic E-state index is 11.8.